The van der Waals surface area contributed by atoms with Crippen LogP contribution < -0.4 is 0 Å². The summed E-state index contributed by atoms with van der Waals surface area (Å²) in [5.41, 5.74) is 25.8. The van der Waals surface area contributed by atoms with E-state index in [9.17, 15) is 0 Å². The Morgan fingerprint density at radius 2 is 0.931 bits per heavy atom. The molecule has 0 N–H and O–H groups in total. The van der Waals surface area contributed by atoms with Crippen LogP contribution in [0.25, 0.3) is 151 Å². The van der Waals surface area contributed by atoms with Crippen LogP contribution in [0.5, 0.6) is 0 Å². The van der Waals surface area contributed by atoms with E-state index in [2.05, 4.69) is 202 Å². The molecule has 0 spiro atoms. The molecule has 0 unspecified atom stereocenters. The summed E-state index contributed by atoms with van der Waals surface area (Å²) < 4.78 is 28.4. The summed E-state index contributed by atoms with van der Waals surface area (Å²) in [4.78, 5) is 43.8. The van der Waals surface area contributed by atoms with E-state index in [4.69, 9.17) is 13.3 Å². The fourth-order valence-electron chi connectivity index (χ4n) is 13.5. The van der Waals surface area contributed by atoms with E-state index in [1.165, 1.54) is 41.4 Å². The van der Waals surface area contributed by atoms with Gasteiger partial charge in [0, 0.05) is 161 Å². The Morgan fingerprint density at radius 1 is 0.422 bits per heavy atom. The number of fused-ring (bicyclic) bond motifs is 5. The largest absolute Gasteiger partial charge is 0.464 e. The van der Waals surface area contributed by atoms with Gasteiger partial charge in [-0.2, -0.15) is 25.5 Å². The monoisotopic (exact) mass is 2440 g/mol. The number of hydrogen-bond donors (Lipinski definition) is 0. The molecule has 0 saturated heterocycles. The van der Waals surface area contributed by atoms with Gasteiger partial charge in [0.15, 0.2) is 18.7 Å². The van der Waals surface area contributed by atoms with Crippen molar-refractivity contribution in [2.75, 3.05) is 0 Å². The zero-order chi connectivity index (χ0) is 76.1. The Kier molecular flexibility index (Phi) is 28.5. The zero-order valence-electron chi connectivity index (χ0n) is 63.4. The smallest absolute Gasteiger partial charge is 0.180 e. The quantitative estimate of drug-likeness (QED) is 0.103. The third-order valence-corrected chi connectivity index (χ3v) is 19.1. The maximum Gasteiger partial charge on any atom is 0.180 e. The van der Waals surface area contributed by atoms with Crippen molar-refractivity contribution in [2.24, 2.45) is 20.0 Å². The summed E-state index contributed by atoms with van der Waals surface area (Å²) in [7, 11) is 3.81. The second-order valence-electron chi connectivity index (χ2n) is 26.3. The molecule has 0 aliphatic carbocycles. The molecular weight excluding hydrogens is 2370 g/mol. The average molecular weight is 2440 g/mol. The van der Waals surface area contributed by atoms with E-state index in [0.29, 0.717) is 23.2 Å². The van der Waals surface area contributed by atoms with Gasteiger partial charge in [-0.15, -0.1) is 84.1 Å². The topological polar surface area (TPSA) is 262 Å². The van der Waals surface area contributed by atoms with Crippen molar-refractivity contribution in [2.45, 2.75) is 55.0 Å². The van der Waals surface area contributed by atoms with Gasteiger partial charge in [-0.3, -0.25) is 73.2 Å². The molecule has 10 aromatic carbocycles. The predicted molar refractivity (Wildman–Crippen MR) is 426 cm³/mol. The first-order chi connectivity index (χ1) is 54.3. The molecule has 0 aliphatic heterocycles. The van der Waals surface area contributed by atoms with Crippen LogP contribution in [0.2, 0.25) is 0 Å². The Labute approximate surface area is 738 Å². The Hall–Kier alpha value is -11.1. The molecule has 30 heteroatoms. The van der Waals surface area contributed by atoms with Crippen LogP contribution in [0.15, 0.2) is 245 Å². The van der Waals surface area contributed by atoms with Crippen molar-refractivity contribution in [1.82, 2.24) is 103 Å². The molecule has 0 saturated carbocycles. The number of oxazole rings is 3. The van der Waals surface area contributed by atoms with Crippen molar-refractivity contribution in [3.05, 3.63) is 291 Å². The molecule has 10 aromatic heterocycles. The number of para-hydroxylation sites is 2. The number of thiazole rings is 1. The van der Waals surface area contributed by atoms with E-state index in [0.717, 1.165) is 146 Å². The van der Waals surface area contributed by atoms with Crippen LogP contribution in [-0.4, -0.2) is 103 Å². The Bertz CT molecular complexity index is 6610. The summed E-state index contributed by atoms with van der Waals surface area (Å²) >= 11 is 1.61. The third kappa shape index (κ3) is 17.8. The molecule has 116 heavy (non-hydrogen) atoms. The van der Waals surface area contributed by atoms with Crippen molar-refractivity contribution in [1.29, 1.82) is 0 Å². The van der Waals surface area contributed by atoms with Gasteiger partial charge in [0.2, 0.25) is 0 Å². The Morgan fingerprint density at radius 3 is 1.57 bits per heavy atom. The first-order valence-electron chi connectivity index (χ1n) is 35.4. The van der Waals surface area contributed by atoms with Gasteiger partial charge in [-0.25, -0.2) is 0 Å². The average Bonchev–Trinajstić information content (AvgIpc) is 1.54. The normalized spacial score (nSPS) is 10.7. The maximum atomic E-state index is 5.46. The molecule has 20 aromatic rings. The molecular formula is C86H68Ir5N21O3S-5. The van der Waals surface area contributed by atoms with Crippen molar-refractivity contribution < 1.29 is 114 Å². The Balaban J connectivity index is 0.000000143. The van der Waals surface area contributed by atoms with Crippen LogP contribution in [0, 0.1) is 70.9 Å². The van der Waals surface area contributed by atoms with Crippen molar-refractivity contribution >= 4 is 65.9 Å². The molecule has 0 fully saturated rings. The van der Waals surface area contributed by atoms with Crippen LogP contribution in [0.3, 0.4) is 0 Å². The second kappa shape index (κ2) is 38.6. The fourth-order valence-corrected chi connectivity index (χ4v) is 14.2. The van der Waals surface area contributed by atoms with Gasteiger partial charge in [-0.05, 0) is 113 Å². The SMILES string of the molecule is CC(C)Cn1ncnc1-c1[c-]ccc2ocnc12.Cc1cccc(C)c1-c1cc(C)c(-n2ncnc2-c2[c-]ccc3ocnc23)c(C)c1.Cc1nc2c(-c3ncnn3C)[c-]ccc2o1.Cn1cnc2c(-c3ncnn3-c3ccccc3)[c-]ccc21.[Ir].[Ir].[Ir].[Ir].[Ir].[c-]1ccc2scnc2c1-c1ncnn1-c1ccccc1-c1ccccc1. The minimum absolute atomic E-state index is 0. The van der Waals surface area contributed by atoms with E-state index in [-0.39, 0.29) is 101 Å². The van der Waals surface area contributed by atoms with Gasteiger partial charge in [0.05, 0.1) is 74.8 Å². The summed E-state index contributed by atoms with van der Waals surface area (Å²) in [6, 6.07) is 74.2. The first kappa shape index (κ1) is 85.8. The number of aryl methyl sites for hydroxylation is 7. The minimum Gasteiger partial charge on any atom is -0.464 e. The molecule has 0 bridgehead atoms. The van der Waals surface area contributed by atoms with Crippen LogP contribution >= 0.6 is 11.3 Å². The fraction of sp³-hybridized carbons (Fsp3) is 0.128. The van der Waals surface area contributed by atoms with E-state index < -0.39 is 0 Å². The molecule has 0 atom stereocenters. The summed E-state index contributed by atoms with van der Waals surface area (Å²) in [5, 5.41) is 21.7. The number of hydrogen-bond acceptors (Lipinski definition) is 19. The number of rotatable bonds is 12. The molecule has 0 amide bonds. The first-order valence-corrected chi connectivity index (χ1v) is 36.3. The zero-order valence-corrected chi connectivity index (χ0v) is 76.2. The third-order valence-electron chi connectivity index (χ3n) is 18.3. The van der Waals surface area contributed by atoms with Gasteiger partial charge in [0.25, 0.3) is 0 Å². The number of aromatic nitrogens is 21. The van der Waals surface area contributed by atoms with Crippen LogP contribution in [-0.2, 0) is 121 Å². The molecule has 591 valence electrons. The minimum atomic E-state index is 0. The molecule has 20 rings (SSSR count). The summed E-state index contributed by atoms with van der Waals surface area (Å²) in [6.07, 6.45) is 12.4. The van der Waals surface area contributed by atoms with Gasteiger partial charge in [0.1, 0.15) is 31.6 Å². The summed E-state index contributed by atoms with van der Waals surface area (Å²) in [6.45, 7) is 15.5. The van der Waals surface area contributed by atoms with E-state index >= 15 is 0 Å². The molecule has 5 radical (unpaired) electrons. The number of benzene rings is 10. The summed E-state index contributed by atoms with van der Waals surface area (Å²) in [5.74, 6) is 4.83. The maximum absolute atomic E-state index is 5.46. The standard InChI is InChI=1S/C25H21N4O.C21H13N4S.C16H12N5.C13H13N4O.C11H9N4O.5Ir/c1-15-7-5-8-16(2)22(15)19-11-17(3)24(18(4)12-19)29-25(26-13-28-29)20-9-6-10-21-23(20)27-14-30-21;1-2-7-15(8-3-1)16-9-4-5-11-18(16)25-21(22-13-24-25)17-10-6-12-19-20(17)23-14-26-19;1-20-11-18-15-13(8-5-9-14(15)20)16-17-10-19-21(16)12-6-3-2-4-7-12;1-9(2)6-17-13(14-7-16-17)10-4-3-5-11-12(10)15-8-18-11;1-7-14-10-8(4-3-5-9(10)16-7)11-12-6-13-15(11)2;;;;;/h5-8,10-14H,1-4H3;1-9,11-14H;2-7,9-11H,1H3;3,5,7-9H,6H2,1-2H3;3,5-6H,1-2H3;;;;;/q5*-1;;;;;. The number of imidazole rings is 1. The van der Waals surface area contributed by atoms with E-state index in [1.54, 1.807) is 58.4 Å². The van der Waals surface area contributed by atoms with Crippen LogP contribution in [0.4, 0.5) is 0 Å². The van der Waals surface area contributed by atoms with Gasteiger partial charge in [-0.1, -0.05) is 145 Å². The molecule has 24 nitrogen and oxygen atoms in total. The van der Waals surface area contributed by atoms with Gasteiger partial charge < -0.3 is 17.8 Å². The second-order valence-corrected chi connectivity index (χ2v) is 27.2. The molecule has 10 heterocycles. The van der Waals surface area contributed by atoms with Gasteiger partial charge >= 0.3 is 0 Å². The van der Waals surface area contributed by atoms with E-state index in [1.807, 2.05) is 160 Å². The van der Waals surface area contributed by atoms with Crippen molar-refractivity contribution in [3.8, 4) is 96.3 Å². The van der Waals surface area contributed by atoms with Crippen LogP contribution in [0.1, 0.15) is 42.0 Å². The molecule has 0 aliphatic rings. The number of nitrogens with zero attached hydrogens (tertiary/aromatic N) is 21. The van der Waals surface area contributed by atoms with Crippen molar-refractivity contribution in [3.63, 3.8) is 0 Å². The predicted octanol–water partition coefficient (Wildman–Crippen LogP) is 17.7.